The first kappa shape index (κ1) is 12.0. The zero-order valence-electron chi connectivity index (χ0n) is 10.5. The van der Waals surface area contributed by atoms with Gasteiger partial charge in [0.25, 0.3) is 0 Å². The zero-order chi connectivity index (χ0) is 12.6. The summed E-state index contributed by atoms with van der Waals surface area (Å²) in [4.78, 5) is 4.65. The lowest BCUT2D eigenvalue weighted by Crippen LogP contribution is -2.37. The highest BCUT2D eigenvalue weighted by Crippen LogP contribution is 2.37. The molecule has 18 heavy (non-hydrogen) atoms. The molecular formula is C15H17NOS. The van der Waals surface area contributed by atoms with Crippen LogP contribution in [0.1, 0.15) is 19.0 Å². The van der Waals surface area contributed by atoms with Crippen LogP contribution < -0.4 is 0 Å². The molecular weight excluding hydrogens is 242 g/mol. The highest BCUT2D eigenvalue weighted by atomic mass is 32.2. The quantitative estimate of drug-likeness (QED) is 0.900. The van der Waals surface area contributed by atoms with Gasteiger partial charge in [0.05, 0.1) is 11.1 Å². The molecule has 1 aliphatic heterocycles. The SMILES string of the molecule is CC1SCCC1(O)Cc1ccc2ccccc2n1. The summed E-state index contributed by atoms with van der Waals surface area (Å²) in [5.41, 5.74) is 1.42. The zero-order valence-corrected chi connectivity index (χ0v) is 11.3. The molecule has 0 saturated carbocycles. The minimum atomic E-state index is -0.583. The van der Waals surface area contributed by atoms with Gasteiger partial charge in [0.15, 0.2) is 0 Å². The average molecular weight is 259 g/mol. The van der Waals surface area contributed by atoms with Crippen molar-refractivity contribution in [2.24, 2.45) is 0 Å². The van der Waals surface area contributed by atoms with Crippen molar-refractivity contribution >= 4 is 22.7 Å². The number of para-hydroxylation sites is 1. The van der Waals surface area contributed by atoms with Gasteiger partial charge in [0.1, 0.15) is 0 Å². The van der Waals surface area contributed by atoms with Crippen molar-refractivity contribution in [3.63, 3.8) is 0 Å². The molecule has 2 nitrogen and oxygen atoms in total. The first-order valence-electron chi connectivity index (χ1n) is 6.36. The Kier molecular flexibility index (Phi) is 3.04. The second-order valence-electron chi connectivity index (χ2n) is 5.04. The Morgan fingerprint density at radius 2 is 2.17 bits per heavy atom. The molecule has 2 heterocycles. The normalized spacial score (nSPS) is 27.8. The monoisotopic (exact) mass is 259 g/mol. The molecule has 1 aliphatic rings. The number of hydrogen-bond donors (Lipinski definition) is 1. The summed E-state index contributed by atoms with van der Waals surface area (Å²) in [5.74, 6) is 1.05. The number of thioether (sulfide) groups is 1. The maximum absolute atomic E-state index is 10.6. The number of fused-ring (bicyclic) bond motifs is 1. The number of benzene rings is 1. The molecule has 0 bridgehead atoms. The molecule has 2 aromatic rings. The first-order valence-corrected chi connectivity index (χ1v) is 7.41. The van der Waals surface area contributed by atoms with E-state index in [0.717, 1.165) is 28.8 Å². The Morgan fingerprint density at radius 3 is 2.94 bits per heavy atom. The number of hydrogen-bond acceptors (Lipinski definition) is 3. The van der Waals surface area contributed by atoms with E-state index < -0.39 is 5.60 Å². The molecule has 0 spiro atoms. The van der Waals surface area contributed by atoms with Crippen LogP contribution in [0.25, 0.3) is 10.9 Å². The minimum absolute atomic E-state index is 0.297. The molecule has 0 aliphatic carbocycles. The maximum atomic E-state index is 10.6. The number of rotatable bonds is 2. The summed E-state index contributed by atoms with van der Waals surface area (Å²) in [6.07, 6.45) is 1.53. The fourth-order valence-corrected chi connectivity index (χ4v) is 3.86. The third kappa shape index (κ3) is 2.13. The lowest BCUT2D eigenvalue weighted by molar-refractivity contribution is 0.0456. The topological polar surface area (TPSA) is 33.1 Å². The van der Waals surface area contributed by atoms with Crippen LogP contribution in [0.5, 0.6) is 0 Å². The fourth-order valence-electron chi connectivity index (χ4n) is 2.52. The summed E-state index contributed by atoms with van der Waals surface area (Å²) in [7, 11) is 0. The largest absolute Gasteiger partial charge is 0.388 e. The van der Waals surface area contributed by atoms with Crippen LogP contribution in [0.2, 0.25) is 0 Å². The van der Waals surface area contributed by atoms with Gasteiger partial charge >= 0.3 is 0 Å². The predicted octanol–water partition coefficient (Wildman–Crippen LogP) is 3.03. The van der Waals surface area contributed by atoms with Crippen molar-refractivity contribution in [3.05, 3.63) is 42.1 Å². The van der Waals surface area contributed by atoms with Gasteiger partial charge in [-0.25, -0.2) is 0 Å². The van der Waals surface area contributed by atoms with Gasteiger partial charge in [-0.3, -0.25) is 4.98 Å². The van der Waals surface area contributed by atoms with E-state index in [-0.39, 0.29) is 0 Å². The van der Waals surface area contributed by atoms with Crippen LogP contribution in [0.4, 0.5) is 0 Å². The lowest BCUT2D eigenvalue weighted by atomic mass is 9.91. The van der Waals surface area contributed by atoms with Crippen LogP contribution in [0.15, 0.2) is 36.4 Å². The summed E-state index contributed by atoms with van der Waals surface area (Å²) in [6, 6.07) is 12.2. The van der Waals surface area contributed by atoms with E-state index in [2.05, 4.69) is 24.0 Å². The summed E-state index contributed by atoms with van der Waals surface area (Å²) < 4.78 is 0. The second kappa shape index (κ2) is 4.56. The molecule has 3 heteroatoms. The van der Waals surface area contributed by atoms with Crippen molar-refractivity contribution in [2.45, 2.75) is 30.6 Å². The molecule has 0 amide bonds. The molecule has 1 fully saturated rings. The third-order valence-electron chi connectivity index (χ3n) is 3.80. The molecule has 94 valence electrons. The van der Waals surface area contributed by atoms with Gasteiger partial charge in [-0.15, -0.1) is 0 Å². The van der Waals surface area contributed by atoms with E-state index in [1.54, 1.807) is 0 Å². The van der Waals surface area contributed by atoms with E-state index in [9.17, 15) is 5.11 Å². The van der Waals surface area contributed by atoms with Crippen molar-refractivity contribution < 1.29 is 5.11 Å². The molecule has 1 aromatic carbocycles. The van der Waals surface area contributed by atoms with Gasteiger partial charge in [0, 0.05) is 22.8 Å². The maximum Gasteiger partial charge on any atom is 0.0826 e. The molecule has 2 unspecified atom stereocenters. The van der Waals surface area contributed by atoms with Crippen LogP contribution in [0.3, 0.4) is 0 Å². The Morgan fingerprint density at radius 1 is 1.33 bits per heavy atom. The number of nitrogens with zero attached hydrogens (tertiary/aromatic N) is 1. The Hall–Kier alpha value is -1.06. The van der Waals surface area contributed by atoms with E-state index >= 15 is 0 Å². The molecule has 1 saturated heterocycles. The number of pyridine rings is 1. The van der Waals surface area contributed by atoms with Gasteiger partial charge in [0.2, 0.25) is 0 Å². The summed E-state index contributed by atoms with van der Waals surface area (Å²) in [5, 5.41) is 12.1. The fraction of sp³-hybridized carbons (Fsp3) is 0.400. The standard InChI is InChI=1S/C15H17NOS/c1-11-15(17,8-9-18-11)10-13-7-6-12-4-2-3-5-14(12)16-13/h2-7,11,17H,8-10H2,1H3. The van der Waals surface area contributed by atoms with E-state index in [1.165, 1.54) is 0 Å². The van der Waals surface area contributed by atoms with Crippen molar-refractivity contribution in [2.75, 3.05) is 5.75 Å². The van der Waals surface area contributed by atoms with Crippen molar-refractivity contribution in [3.8, 4) is 0 Å². The highest BCUT2D eigenvalue weighted by Gasteiger charge is 2.39. The van der Waals surface area contributed by atoms with E-state index in [4.69, 9.17) is 0 Å². The Bertz CT molecular complexity index is 571. The smallest absolute Gasteiger partial charge is 0.0826 e. The molecule has 1 aromatic heterocycles. The number of aromatic nitrogens is 1. The lowest BCUT2D eigenvalue weighted by Gasteiger charge is -2.26. The second-order valence-corrected chi connectivity index (χ2v) is 6.49. The van der Waals surface area contributed by atoms with Crippen LogP contribution in [0, 0.1) is 0 Å². The van der Waals surface area contributed by atoms with Gasteiger partial charge in [-0.2, -0.15) is 11.8 Å². The first-order chi connectivity index (χ1) is 8.67. The molecule has 0 radical (unpaired) electrons. The van der Waals surface area contributed by atoms with Crippen molar-refractivity contribution in [1.82, 2.24) is 4.98 Å². The Labute approximate surface area is 111 Å². The molecule has 1 N–H and O–H groups in total. The minimum Gasteiger partial charge on any atom is -0.388 e. The number of aliphatic hydroxyl groups is 1. The van der Waals surface area contributed by atoms with Gasteiger partial charge in [-0.1, -0.05) is 31.2 Å². The third-order valence-corrected chi connectivity index (χ3v) is 5.18. The predicted molar refractivity (Wildman–Crippen MR) is 76.9 cm³/mol. The van der Waals surface area contributed by atoms with Crippen LogP contribution in [-0.4, -0.2) is 26.7 Å². The van der Waals surface area contributed by atoms with Gasteiger partial charge < -0.3 is 5.11 Å². The molecule has 3 rings (SSSR count). The van der Waals surface area contributed by atoms with Crippen LogP contribution in [-0.2, 0) is 6.42 Å². The highest BCUT2D eigenvalue weighted by molar-refractivity contribution is 8.00. The Balaban J connectivity index is 1.91. The summed E-state index contributed by atoms with van der Waals surface area (Å²) in [6.45, 7) is 2.11. The van der Waals surface area contributed by atoms with E-state index in [0.29, 0.717) is 11.7 Å². The summed E-state index contributed by atoms with van der Waals surface area (Å²) >= 11 is 1.85. The average Bonchev–Trinajstić information content (AvgIpc) is 2.69. The van der Waals surface area contributed by atoms with Crippen LogP contribution >= 0.6 is 11.8 Å². The van der Waals surface area contributed by atoms with Gasteiger partial charge in [-0.05, 0) is 24.3 Å². The molecule has 2 atom stereocenters. The van der Waals surface area contributed by atoms with Crippen molar-refractivity contribution in [1.29, 1.82) is 0 Å². The van der Waals surface area contributed by atoms with E-state index in [1.807, 2.05) is 36.0 Å².